The molecule has 0 saturated heterocycles. The van der Waals surface area contributed by atoms with Crippen molar-refractivity contribution >= 4 is 55.5 Å². The quantitative estimate of drug-likeness (QED) is 0.0993. The largest absolute Gasteiger partial charge is 0.497 e. The van der Waals surface area contributed by atoms with Gasteiger partial charge in [0.05, 0.1) is 12.1 Å². The molecule has 0 aliphatic carbocycles. The molecule has 0 bridgehead atoms. The highest BCUT2D eigenvalue weighted by atomic mass is 79.9. The smallest absolute Gasteiger partial charge is 0.142 e. The fourth-order valence-corrected chi connectivity index (χ4v) is 5.44. The van der Waals surface area contributed by atoms with Crippen LogP contribution in [0.3, 0.4) is 0 Å². The molecule has 0 aliphatic heterocycles. The van der Waals surface area contributed by atoms with Gasteiger partial charge in [-0.2, -0.15) is 0 Å². The van der Waals surface area contributed by atoms with Crippen LogP contribution in [-0.4, -0.2) is 27.1 Å². The normalized spacial score (nSPS) is 12.3. The van der Waals surface area contributed by atoms with Gasteiger partial charge in [-0.05, 0) is 111 Å². The first-order valence-electron chi connectivity index (χ1n) is 13.1. The molecule has 0 unspecified atom stereocenters. The Morgan fingerprint density at radius 3 is 2.10 bits per heavy atom. The second-order valence-electron chi connectivity index (χ2n) is 8.71. The minimum atomic E-state index is 0.659. The molecule has 0 aliphatic rings. The number of hydrogen-bond donors (Lipinski definition) is 0. The second-order valence-corrected chi connectivity index (χ2v) is 9.91. The first-order valence-corrected chi connectivity index (χ1v) is 14.3. The fraction of sp³-hybridized carbons (Fsp3) is 0.265. The van der Waals surface area contributed by atoms with E-state index in [4.69, 9.17) is 16.3 Å². The van der Waals surface area contributed by atoms with Crippen molar-refractivity contribution in [3.8, 4) is 5.75 Å². The van der Waals surface area contributed by atoms with Gasteiger partial charge in [0.25, 0.3) is 0 Å². The van der Waals surface area contributed by atoms with Gasteiger partial charge in [-0.3, -0.25) is 4.79 Å². The molecule has 3 aromatic rings. The van der Waals surface area contributed by atoms with Gasteiger partial charge in [-0.15, -0.1) is 0 Å². The Kier molecular flexibility index (Phi) is 14.0. The van der Waals surface area contributed by atoms with Crippen LogP contribution in [0.2, 0.25) is 5.02 Å². The van der Waals surface area contributed by atoms with Crippen LogP contribution in [0.15, 0.2) is 78.4 Å². The van der Waals surface area contributed by atoms with Crippen molar-refractivity contribution in [2.45, 2.75) is 40.5 Å². The van der Waals surface area contributed by atoms with Crippen molar-refractivity contribution in [3.05, 3.63) is 111 Å². The SMILES string of the molecule is CCC(=C(/Br)c1ccccc1C)/C(=C(\CC)c1ccc(OC)cc1Cl)c1ccc(/C=C/C=O)cc1.CCOC. The van der Waals surface area contributed by atoms with E-state index in [-0.39, 0.29) is 0 Å². The number of rotatable bonds is 10. The van der Waals surface area contributed by atoms with Crippen LogP contribution in [0.25, 0.3) is 21.7 Å². The minimum Gasteiger partial charge on any atom is -0.497 e. The number of aldehydes is 1. The van der Waals surface area contributed by atoms with E-state index in [0.29, 0.717) is 5.02 Å². The lowest BCUT2D eigenvalue weighted by molar-refractivity contribution is -0.104. The number of aryl methyl sites for hydroxylation is 1. The summed E-state index contributed by atoms with van der Waals surface area (Å²) >= 11 is 10.7. The van der Waals surface area contributed by atoms with Crippen molar-refractivity contribution in [2.75, 3.05) is 20.8 Å². The molecule has 39 heavy (non-hydrogen) atoms. The fourth-order valence-electron chi connectivity index (χ4n) is 4.23. The Balaban J connectivity index is 0.00000124. The van der Waals surface area contributed by atoms with Crippen LogP contribution in [0, 0.1) is 6.92 Å². The van der Waals surface area contributed by atoms with Gasteiger partial charge in [0.2, 0.25) is 0 Å². The molecule has 3 nitrogen and oxygen atoms in total. The Labute approximate surface area is 247 Å². The van der Waals surface area contributed by atoms with Gasteiger partial charge in [0, 0.05) is 18.2 Å². The van der Waals surface area contributed by atoms with E-state index in [1.54, 1.807) is 20.3 Å². The van der Waals surface area contributed by atoms with Crippen molar-refractivity contribution in [3.63, 3.8) is 0 Å². The molecule has 0 spiro atoms. The van der Waals surface area contributed by atoms with Crippen LogP contribution >= 0.6 is 27.5 Å². The van der Waals surface area contributed by atoms with Crippen LogP contribution < -0.4 is 4.74 Å². The van der Waals surface area contributed by atoms with E-state index in [0.717, 1.165) is 63.8 Å². The molecule has 0 saturated carbocycles. The third kappa shape index (κ3) is 8.79. The summed E-state index contributed by atoms with van der Waals surface area (Å²) in [4.78, 5) is 10.8. The number of carbonyl (C=O) groups is 1. The molecule has 0 aromatic heterocycles. The highest BCUT2D eigenvalue weighted by Gasteiger charge is 2.20. The summed E-state index contributed by atoms with van der Waals surface area (Å²) in [5.41, 5.74) is 8.97. The minimum absolute atomic E-state index is 0.659. The average Bonchev–Trinajstić information content (AvgIpc) is 2.97. The number of halogens is 2. The summed E-state index contributed by atoms with van der Waals surface area (Å²) in [7, 11) is 3.32. The number of hydrogen-bond acceptors (Lipinski definition) is 3. The molecular weight excluding hydrogens is 572 g/mol. The first-order chi connectivity index (χ1) is 18.9. The summed E-state index contributed by atoms with van der Waals surface area (Å²) in [6, 6.07) is 22.5. The average molecular weight is 610 g/mol. The van der Waals surface area contributed by atoms with Crippen LogP contribution in [0.5, 0.6) is 5.75 Å². The summed E-state index contributed by atoms with van der Waals surface area (Å²) in [5.74, 6) is 0.731. The Morgan fingerprint density at radius 2 is 1.59 bits per heavy atom. The Morgan fingerprint density at radius 1 is 0.923 bits per heavy atom. The zero-order chi connectivity index (χ0) is 28.8. The topological polar surface area (TPSA) is 35.5 Å². The molecule has 0 heterocycles. The first kappa shape index (κ1) is 32.3. The van der Waals surface area contributed by atoms with E-state index < -0.39 is 0 Å². The van der Waals surface area contributed by atoms with Crippen molar-refractivity contribution in [2.24, 2.45) is 0 Å². The van der Waals surface area contributed by atoms with Gasteiger partial charge in [0.1, 0.15) is 12.0 Å². The zero-order valence-corrected chi connectivity index (χ0v) is 26.0. The zero-order valence-electron chi connectivity index (χ0n) is 23.7. The Hall–Kier alpha value is -2.92. The summed E-state index contributed by atoms with van der Waals surface area (Å²) < 4.78 is 11.0. The third-order valence-electron chi connectivity index (χ3n) is 6.31. The maximum absolute atomic E-state index is 10.8. The monoisotopic (exact) mass is 608 g/mol. The number of benzene rings is 3. The number of methoxy groups -OCH3 is 2. The van der Waals surface area contributed by atoms with E-state index in [1.807, 2.05) is 37.3 Å². The van der Waals surface area contributed by atoms with E-state index in [2.05, 4.69) is 77.8 Å². The number of allylic oxidation sites excluding steroid dienone is 4. The van der Waals surface area contributed by atoms with Gasteiger partial charge < -0.3 is 9.47 Å². The standard InChI is InChI=1S/C31H30BrClO2.C3H8O/c1-5-25(28-18-17-24(35-4)20-29(28)33)30(23-15-13-22(14-16-23)11-9-19-34)26(6-2)31(32)27-12-8-7-10-21(27)3;1-3-4-2/h7-20H,5-6H2,1-4H3;3H2,1-2H3/b11-9+,30-25+,31-26-;. The number of carbonyl (C=O) groups excluding carboxylic acids is 1. The molecule has 3 aromatic carbocycles. The highest BCUT2D eigenvalue weighted by molar-refractivity contribution is 9.15. The third-order valence-corrected chi connectivity index (χ3v) is 7.53. The lowest BCUT2D eigenvalue weighted by Gasteiger charge is -2.21. The predicted molar refractivity (Wildman–Crippen MR) is 172 cm³/mol. The van der Waals surface area contributed by atoms with E-state index >= 15 is 0 Å². The Bertz CT molecular complexity index is 1320. The molecule has 0 amide bonds. The lowest BCUT2D eigenvalue weighted by Crippen LogP contribution is -1.99. The molecule has 0 N–H and O–H groups in total. The van der Waals surface area contributed by atoms with Crippen molar-refractivity contribution in [1.29, 1.82) is 0 Å². The maximum atomic E-state index is 10.8. The second kappa shape index (κ2) is 16.9. The predicted octanol–water partition coefficient (Wildman–Crippen LogP) is 10.1. The van der Waals surface area contributed by atoms with Crippen LogP contribution in [-0.2, 0) is 9.53 Å². The molecule has 5 heteroatoms. The molecule has 206 valence electrons. The van der Waals surface area contributed by atoms with Gasteiger partial charge in [-0.25, -0.2) is 0 Å². The van der Waals surface area contributed by atoms with E-state index in [9.17, 15) is 4.79 Å². The molecule has 3 rings (SSSR count). The molecular formula is C34H38BrClO3. The van der Waals surface area contributed by atoms with Gasteiger partial charge >= 0.3 is 0 Å². The van der Waals surface area contributed by atoms with Crippen LogP contribution in [0.4, 0.5) is 0 Å². The molecule has 0 radical (unpaired) electrons. The van der Waals surface area contributed by atoms with Crippen molar-refractivity contribution < 1.29 is 14.3 Å². The highest BCUT2D eigenvalue weighted by Crippen LogP contribution is 2.43. The molecule has 0 fully saturated rings. The summed E-state index contributed by atoms with van der Waals surface area (Å²) in [6.45, 7) is 9.24. The van der Waals surface area contributed by atoms with E-state index in [1.165, 1.54) is 22.8 Å². The molecule has 0 atom stereocenters. The van der Waals surface area contributed by atoms with Gasteiger partial charge in [-0.1, -0.05) is 80.1 Å². The summed E-state index contributed by atoms with van der Waals surface area (Å²) in [5, 5.41) is 0.659. The maximum Gasteiger partial charge on any atom is 0.142 e. The van der Waals surface area contributed by atoms with Crippen LogP contribution in [0.1, 0.15) is 61.4 Å². The van der Waals surface area contributed by atoms with Crippen molar-refractivity contribution in [1.82, 2.24) is 0 Å². The number of ether oxygens (including phenoxy) is 2. The summed E-state index contributed by atoms with van der Waals surface area (Å²) in [6.07, 6.45) is 5.73. The lowest BCUT2D eigenvalue weighted by atomic mass is 9.85. The van der Waals surface area contributed by atoms with Gasteiger partial charge in [0.15, 0.2) is 0 Å².